The van der Waals surface area contributed by atoms with Crippen LogP contribution in [0, 0.1) is 20.8 Å². The molecule has 0 atom stereocenters. The molecule has 1 aromatic heterocycles. The number of thioether (sulfide) groups is 1. The Morgan fingerprint density at radius 3 is 2.61 bits per heavy atom. The summed E-state index contributed by atoms with van der Waals surface area (Å²) in [5, 5.41) is 4.66. The molecule has 1 aliphatic rings. The number of nitrogens with one attached hydrogen (secondary N) is 1. The lowest BCUT2D eigenvalue weighted by Gasteiger charge is -2.06. The van der Waals surface area contributed by atoms with Crippen LogP contribution in [0.15, 0.2) is 82.8 Å². The summed E-state index contributed by atoms with van der Waals surface area (Å²) in [5.74, 6) is -0.112. The molecular formula is C28H25N3OS. The fraction of sp³-hybridized carbons (Fsp3) is 0.143. The number of aromatic nitrogens is 1. The topological polar surface area (TPSA) is 46.4 Å². The van der Waals surface area contributed by atoms with Crippen LogP contribution in [0.4, 0.5) is 5.69 Å². The lowest BCUT2D eigenvalue weighted by atomic mass is 10.1. The highest BCUT2D eigenvalue weighted by atomic mass is 32.2. The van der Waals surface area contributed by atoms with E-state index in [1.54, 1.807) is 0 Å². The van der Waals surface area contributed by atoms with Gasteiger partial charge in [-0.3, -0.25) is 4.79 Å². The first-order valence-electron chi connectivity index (χ1n) is 11.0. The monoisotopic (exact) mass is 451 g/mol. The van der Waals surface area contributed by atoms with Crippen molar-refractivity contribution in [1.82, 2.24) is 9.88 Å². The Kier molecular flexibility index (Phi) is 5.65. The molecule has 1 fully saturated rings. The van der Waals surface area contributed by atoms with Crippen molar-refractivity contribution < 1.29 is 4.79 Å². The van der Waals surface area contributed by atoms with Gasteiger partial charge in [-0.1, -0.05) is 65.7 Å². The Labute approximate surface area is 198 Å². The average molecular weight is 452 g/mol. The van der Waals surface area contributed by atoms with E-state index in [1.165, 1.54) is 28.5 Å². The van der Waals surface area contributed by atoms with Crippen LogP contribution in [-0.2, 0) is 11.3 Å². The number of carbonyl (C=O) groups excluding carboxylic acids is 1. The van der Waals surface area contributed by atoms with Crippen molar-refractivity contribution in [3.05, 3.63) is 106 Å². The molecule has 0 unspecified atom stereocenters. The van der Waals surface area contributed by atoms with E-state index in [0.29, 0.717) is 10.1 Å². The molecular weight excluding hydrogens is 426 g/mol. The summed E-state index contributed by atoms with van der Waals surface area (Å²) < 4.78 is 2.25. The number of amidine groups is 1. The average Bonchev–Trinajstić information content (AvgIpc) is 3.30. The zero-order valence-corrected chi connectivity index (χ0v) is 19.7. The molecule has 4 nitrogen and oxygen atoms in total. The number of carbonyl (C=O) groups is 1. The van der Waals surface area contributed by atoms with Crippen LogP contribution in [0.1, 0.15) is 27.8 Å². The Balaban J connectivity index is 1.47. The molecule has 1 saturated heterocycles. The summed E-state index contributed by atoms with van der Waals surface area (Å²) in [6.45, 7) is 6.99. The molecule has 4 aromatic rings. The van der Waals surface area contributed by atoms with Crippen molar-refractivity contribution >= 4 is 45.5 Å². The van der Waals surface area contributed by atoms with E-state index < -0.39 is 0 Å². The number of amides is 1. The third-order valence-corrected chi connectivity index (χ3v) is 6.68. The number of hydrogen-bond acceptors (Lipinski definition) is 3. The van der Waals surface area contributed by atoms with Crippen molar-refractivity contribution in [2.45, 2.75) is 27.3 Å². The third-order valence-electron chi connectivity index (χ3n) is 5.77. The van der Waals surface area contributed by atoms with Crippen LogP contribution in [-0.4, -0.2) is 15.6 Å². The molecule has 2 heterocycles. The highest BCUT2D eigenvalue weighted by Crippen LogP contribution is 2.32. The van der Waals surface area contributed by atoms with Crippen LogP contribution in [0.5, 0.6) is 0 Å². The van der Waals surface area contributed by atoms with Gasteiger partial charge in [0.1, 0.15) is 0 Å². The van der Waals surface area contributed by atoms with Gasteiger partial charge >= 0.3 is 0 Å². The van der Waals surface area contributed by atoms with Crippen molar-refractivity contribution in [3.8, 4) is 0 Å². The number of fused-ring (bicyclic) bond motifs is 1. The summed E-state index contributed by atoms with van der Waals surface area (Å²) in [7, 11) is 0. The Bertz CT molecular complexity index is 1440. The summed E-state index contributed by atoms with van der Waals surface area (Å²) in [6, 6.07) is 23.0. The predicted molar refractivity (Wildman–Crippen MR) is 139 cm³/mol. The van der Waals surface area contributed by atoms with Crippen LogP contribution in [0.2, 0.25) is 0 Å². The standard InChI is InChI=1S/C28H25N3OS/c1-18-7-6-8-21(14-18)16-31-17-22(23-9-4-5-10-25(23)31)15-26-27(32)30-28(33-26)29-24-12-11-19(2)13-20(24)3/h4-15,17H,16H2,1-3H3,(H,29,30,32)/b26-15-. The van der Waals surface area contributed by atoms with Crippen molar-refractivity contribution in [2.24, 2.45) is 4.99 Å². The lowest BCUT2D eigenvalue weighted by molar-refractivity contribution is -0.115. The molecule has 0 aliphatic carbocycles. The Morgan fingerprint density at radius 1 is 0.970 bits per heavy atom. The van der Waals surface area contributed by atoms with E-state index in [4.69, 9.17) is 0 Å². The van der Waals surface area contributed by atoms with E-state index in [0.717, 1.165) is 34.3 Å². The fourth-order valence-corrected chi connectivity index (χ4v) is 5.02. The maximum atomic E-state index is 12.7. The van der Waals surface area contributed by atoms with E-state index in [1.807, 2.05) is 31.2 Å². The van der Waals surface area contributed by atoms with Gasteiger partial charge in [-0.15, -0.1) is 0 Å². The Morgan fingerprint density at radius 2 is 1.79 bits per heavy atom. The molecule has 0 spiro atoms. The predicted octanol–water partition coefficient (Wildman–Crippen LogP) is 6.51. The molecule has 164 valence electrons. The molecule has 1 aliphatic heterocycles. The van der Waals surface area contributed by atoms with Gasteiger partial charge in [0.15, 0.2) is 5.17 Å². The van der Waals surface area contributed by atoms with E-state index in [2.05, 4.69) is 83.5 Å². The minimum atomic E-state index is -0.112. The molecule has 33 heavy (non-hydrogen) atoms. The normalized spacial score (nSPS) is 16.2. The summed E-state index contributed by atoms with van der Waals surface area (Å²) in [6.07, 6.45) is 4.10. The lowest BCUT2D eigenvalue weighted by Crippen LogP contribution is -2.19. The minimum absolute atomic E-state index is 0.112. The highest BCUT2D eigenvalue weighted by molar-refractivity contribution is 8.18. The number of nitrogens with zero attached hydrogens (tertiary/aromatic N) is 2. The fourth-order valence-electron chi connectivity index (χ4n) is 4.19. The van der Waals surface area contributed by atoms with Gasteiger partial charge in [-0.25, -0.2) is 4.99 Å². The van der Waals surface area contributed by atoms with E-state index in [-0.39, 0.29) is 5.91 Å². The second kappa shape index (κ2) is 8.75. The SMILES string of the molecule is Cc1cccc(Cn2cc(/C=C3\SC(=Nc4ccc(C)cc4C)NC3=O)c3ccccc32)c1. The first-order chi connectivity index (χ1) is 16.0. The summed E-state index contributed by atoms with van der Waals surface area (Å²) in [5.41, 5.74) is 7.85. The van der Waals surface area contributed by atoms with Gasteiger partial charge in [0.25, 0.3) is 5.91 Å². The first kappa shape index (κ1) is 21.3. The zero-order valence-electron chi connectivity index (χ0n) is 18.9. The maximum absolute atomic E-state index is 12.7. The van der Waals surface area contributed by atoms with Crippen molar-refractivity contribution in [2.75, 3.05) is 0 Å². The smallest absolute Gasteiger partial charge is 0.264 e. The zero-order chi connectivity index (χ0) is 22.9. The summed E-state index contributed by atoms with van der Waals surface area (Å²) in [4.78, 5) is 18.0. The number of aliphatic imine (C=N–C) groups is 1. The molecule has 5 rings (SSSR count). The molecule has 0 saturated carbocycles. The number of hydrogen-bond donors (Lipinski definition) is 1. The first-order valence-corrected chi connectivity index (χ1v) is 11.8. The molecule has 1 N–H and O–H groups in total. The van der Waals surface area contributed by atoms with Gasteiger partial charge < -0.3 is 9.88 Å². The van der Waals surface area contributed by atoms with Crippen molar-refractivity contribution in [3.63, 3.8) is 0 Å². The quantitative estimate of drug-likeness (QED) is 0.360. The molecule has 5 heteroatoms. The number of benzene rings is 3. The van der Waals surface area contributed by atoms with Gasteiger partial charge in [0.05, 0.1) is 10.6 Å². The second-order valence-corrected chi connectivity index (χ2v) is 9.52. The van der Waals surface area contributed by atoms with Gasteiger partial charge in [-0.05, 0) is 61.9 Å². The van der Waals surface area contributed by atoms with Gasteiger partial charge in [-0.2, -0.15) is 0 Å². The summed E-state index contributed by atoms with van der Waals surface area (Å²) >= 11 is 1.39. The van der Waals surface area contributed by atoms with Gasteiger partial charge in [0, 0.05) is 29.2 Å². The van der Waals surface area contributed by atoms with Crippen LogP contribution >= 0.6 is 11.8 Å². The second-order valence-electron chi connectivity index (χ2n) is 8.49. The molecule has 1 amide bonds. The number of para-hydroxylation sites is 1. The number of aryl methyl sites for hydroxylation is 3. The van der Waals surface area contributed by atoms with Crippen LogP contribution in [0.3, 0.4) is 0 Å². The van der Waals surface area contributed by atoms with Crippen molar-refractivity contribution in [1.29, 1.82) is 0 Å². The molecule has 0 radical (unpaired) electrons. The third kappa shape index (κ3) is 4.50. The van der Waals surface area contributed by atoms with Crippen LogP contribution < -0.4 is 5.32 Å². The maximum Gasteiger partial charge on any atom is 0.264 e. The minimum Gasteiger partial charge on any atom is -0.342 e. The highest BCUT2D eigenvalue weighted by Gasteiger charge is 2.24. The van der Waals surface area contributed by atoms with E-state index in [9.17, 15) is 4.79 Å². The van der Waals surface area contributed by atoms with Gasteiger partial charge in [0.2, 0.25) is 0 Å². The van der Waals surface area contributed by atoms with Crippen LogP contribution in [0.25, 0.3) is 17.0 Å². The Hall–Kier alpha value is -3.57. The molecule has 0 bridgehead atoms. The molecule has 3 aromatic carbocycles. The largest absolute Gasteiger partial charge is 0.342 e. The number of rotatable bonds is 4. The van der Waals surface area contributed by atoms with E-state index >= 15 is 0 Å².